The van der Waals surface area contributed by atoms with Gasteiger partial charge in [-0.15, -0.1) is 0 Å². The Bertz CT molecular complexity index is 284. The predicted molar refractivity (Wildman–Crippen MR) is 72.0 cm³/mol. The van der Waals surface area contributed by atoms with Crippen molar-refractivity contribution in [3.05, 3.63) is 24.0 Å². The molecule has 0 spiro atoms. The van der Waals surface area contributed by atoms with Crippen molar-refractivity contribution in [2.24, 2.45) is 0 Å². The lowest BCUT2D eigenvalue weighted by Crippen LogP contribution is -2.14. The maximum Gasteiger partial charge on any atom is 0.0431 e. The molecule has 17 heavy (non-hydrogen) atoms. The van der Waals surface area contributed by atoms with Crippen LogP contribution in [0.25, 0.3) is 0 Å². The van der Waals surface area contributed by atoms with Gasteiger partial charge in [0, 0.05) is 32.1 Å². The summed E-state index contributed by atoms with van der Waals surface area (Å²) in [6.07, 6.45) is 10.1. The van der Waals surface area contributed by atoms with Crippen molar-refractivity contribution in [3.8, 4) is 0 Å². The van der Waals surface area contributed by atoms with Crippen LogP contribution in [0.4, 0.5) is 0 Å². The molecule has 0 aromatic carbocycles. The SMILES string of the molecule is CCCn1ccc(CNCCCCCCO)c1. The summed E-state index contributed by atoms with van der Waals surface area (Å²) in [6, 6.07) is 2.19. The Morgan fingerprint density at radius 2 is 2.06 bits per heavy atom. The molecule has 2 N–H and O–H groups in total. The second-order valence-electron chi connectivity index (χ2n) is 4.57. The molecule has 0 radical (unpaired) electrons. The van der Waals surface area contributed by atoms with Crippen LogP contribution in [0.3, 0.4) is 0 Å². The van der Waals surface area contributed by atoms with Gasteiger partial charge in [-0.25, -0.2) is 0 Å². The molecule has 1 aromatic rings. The number of rotatable bonds is 10. The van der Waals surface area contributed by atoms with Gasteiger partial charge in [-0.2, -0.15) is 0 Å². The third kappa shape index (κ3) is 6.49. The highest BCUT2D eigenvalue weighted by molar-refractivity contribution is 5.09. The number of aryl methyl sites for hydroxylation is 1. The van der Waals surface area contributed by atoms with E-state index in [0.29, 0.717) is 6.61 Å². The molecule has 0 unspecified atom stereocenters. The second-order valence-corrected chi connectivity index (χ2v) is 4.57. The minimum absolute atomic E-state index is 0.332. The van der Waals surface area contributed by atoms with Gasteiger partial charge < -0.3 is 15.0 Å². The number of hydrogen-bond acceptors (Lipinski definition) is 2. The van der Waals surface area contributed by atoms with Crippen molar-refractivity contribution in [3.63, 3.8) is 0 Å². The van der Waals surface area contributed by atoms with Crippen LogP contribution in [0.5, 0.6) is 0 Å². The molecule has 0 saturated heterocycles. The van der Waals surface area contributed by atoms with E-state index in [0.717, 1.165) is 32.5 Å². The number of aromatic nitrogens is 1. The predicted octanol–water partition coefficient (Wildman–Crippen LogP) is 2.54. The molecule has 0 saturated carbocycles. The zero-order valence-corrected chi connectivity index (χ0v) is 11.0. The molecule has 1 heterocycles. The standard InChI is InChI=1S/C14H26N2O/c1-2-9-16-10-7-14(13-16)12-15-8-5-3-4-6-11-17/h7,10,13,15,17H,2-6,8-9,11-12H2,1H3. The van der Waals surface area contributed by atoms with Crippen LogP contribution in [0, 0.1) is 0 Å². The van der Waals surface area contributed by atoms with E-state index in [4.69, 9.17) is 5.11 Å². The maximum absolute atomic E-state index is 8.65. The molecule has 3 heteroatoms. The molecule has 0 aliphatic carbocycles. The molecule has 1 aromatic heterocycles. The van der Waals surface area contributed by atoms with E-state index in [2.05, 4.69) is 35.3 Å². The van der Waals surface area contributed by atoms with Crippen molar-refractivity contribution in [1.82, 2.24) is 9.88 Å². The first kappa shape index (κ1) is 14.3. The Morgan fingerprint density at radius 3 is 2.82 bits per heavy atom. The van der Waals surface area contributed by atoms with Crippen LogP contribution in [-0.4, -0.2) is 22.8 Å². The van der Waals surface area contributed by atoms with Crippen LogP contribution in [0.2, 0.25) is 0 Å². The zero-order valence-electron chi connectivity index (χ0n) is 11.0. The number of unbranched alkanes of at least 4 members (excludes halogenated alkanes) is 3. The summed E-state index contributed by atoms with van der Waals surface area (Å²) >= 11 is 0. The van der Waals surface area contributed by atoms with E-state index >= 15 is 0 Å². The molecule has 0 fully saturated rings. The summed E-state index contributed by atoms with van der Waals surface area (Å²) in [5.41, 5.74) is 1.37. The van der Waals surface area contributed by atoms with E-state index < -0.39 is 0 Å². The van der Waals surface area contributed by atoms with Gasteiger partial charge in [-0.3, -0.25) is 0 Å². The van der Waals surface area contributed by atoms with Crippen molar-refractivity contribution >= 4 is 0 Å². The Kier molecular flexibility index (Phi) is 7.76. The fourth-order valence-corrected chi connectivity index (χ4v) is 1.94. The van der Waals surface area contributed by atoms with E-state index in [1.54, 1.807) is 0 Å². The Balaban J connectivity index is 2.01. The van der Waals surface area contributed by atoms with Crippen molar-refractivity contribution in [1.29, 1.82) is 0 Å². The van der Waals surface area contributed by atoms with Crippen LogP contribution in [-0.2, 0) is 13.1 Å². The van der Waals surface area contributed by atoms with E-state index in [1.807, 2.05) is 0 Å². The van der Waals surface area contributed by atoms with E-state index in [9.17, 15) is 0 Å². The van der Waals surface area contributed by atoms with E-state index in [-0.39, 0.29) is 0 Å². The molecule has 0 aliphatic rings. The summed E-state index contributed by atoms with van der Waals surface area (Å²) in [5.74, 6) is 0. The summed E-state index contributed by atoms with van der Waals surface area (Å²) in [7, 11) is 0. The highest BCUT2D eigenvalue weighted by atomic mass is 16.2. The highest BCUT2D eigenvalue weighted by Gasteiger charge is 1.96. The summed E-state index contributed by atoms with van der Waals surface area (Å²) in [4.78, 5) is 0. The van der Waals surface area contributed by atoms with Gasteiger partial charge in [-0.1, -0.05) is 19.8 Å². The molecule has 3 nitrogen and oxygen atoms in total. The molecule has 0 amide bonds. The molecule has 0 bridgehead atoms. The van der Waals surface area contributed by atoms with Gasteiger partial charge in [0.25, 0.3) is 0 Å². The molecule has 0 atom stereocenters. The summed E-state index contributed by atoms with van der Waals surface area (Å²) in [6.45, 7) is 5.69. The van der Waals surface area contributed by atoms with Crippen molar-refractivity contribution in [2.75, 3.05) is 13.2 Å². The Morgan fingerprint density at radius 1 is 1.24 bits per heavy atom. The molecule has 98 valence electrons. The van der Waals surface area contributed by atoms with Crippen LogP contribution in [0.1, 0.15) is 44.6 Å². The molecule has 0 aliphatic heterocycles. The second kappa shape index (κ2) is 9.25. The quantitative estimate of drug-likeness (QED) is 0.615. The van der Waals surface area contributed by atoms with Crippen LogP contribution < -0.4 is 5.32 Å². The van der Waals surface area contributed by atoms with Crippen molar-refractivity contribution in [2.45, 2.75) is 52.1 Å². The van der Waals surface area contributed by atoms with Gasteiger partial charge in [-0.05, 0) is 37.4 Å². The molecular formula is C14H26N2O. The molecular weight excluding hydrogens is 212 g/mol. The Labute approximate surface area is 105 Å². The van der Waals surface area contributed by atoms with E-state index in [1.165, 1.54) is 24.8 Å². The van der Waals surface area contributed by atoms with Crippen molar-refractivity contribution < 1.29 is 5.11 Å². The highest BCUT2D eigenvalue weighted by Crippen LogP contribution is 2.02. The average Bonchev–Trinajstić information content (AvgIpc) is 2.76. The average molecular weight is 238 g/mol. The fraction of sp³-hybridized carbons (Fsp3) is 0.714. The lowest BCUT2D eigenvalue weighted by molar-refractivity contribution is 0.282. The number of nitrogens with one attached hydrogen (secondary N) is 1. The van der Waals surface area contributed by atoms with Gasteiger partial charge in [0.2, 0.25) is 0 Å². The monoisotopic (exact) mass is 238 g/mol. The third-order valence-corrected chi connectivity index (χ3v) is 2.88. The maximum atomic E-state index is 8.65. The first-order valence-electron chi connectivity index (χ1n) is 6.83. The first-order valence-corrected chi connectivity index (χ1v) is 6.83. The topological polar surface area (TPSA) is 37.2 Å². The summed E-state index contributed by atoms with van der Waals surface area (Å²) < 4.78 is 2.25. The number of hydrogen-bond donors (Lipinski definition) is 2. The Hall–Kier alpha value is -0.800. The van der Waals surface area contributed by atoms with Gasteiger partial charge >= 0.3 is 0 Å². The van der Waals surface area contributed by atoms with Gasteiger partial charge in [0.1, 0.15) is 0 Å². The smallest absolute Gasteiger partial charge is 0.0431 e. The largest absolute Gasteiger partial charge is 0.396 e. The minimum atomic E-state index is 0.332. The van der Waals surface area contributed by atoms with Crippen LogP contribution >= 0.6 is 0 Å². The fourth-order valence-electron chi connectivity index (χ4n) is 1.94. The minimum Gasteiger partial charge on any atom is -0.396 e. The number of aliphatic hydroxyl groups excluding tert-OH is 1. The zero-order chi connectivity index (χ0) is 12.3. The third-order valence-electron chi connectivity index (χ3n) is 2.88. The lowest BCUT2D eigenvalue weighted by Gasteiger charge is -2.03. The van der Waals surface area contributed by atoms with Crippen LogP contribution in [0.15, 0.2) is 18.5 Å². The first-order chi connectivity index (χ1) is 8.36. The lowest BCUT2D eigenvalue weighted by atomic mass is 10.2. The van der Waals surface area contributed by atoms with Gasteiger partial charge in [0.05, 0.1) is 0 Å². The number of nitrogens with zero attached hydrogens (tertiary/aromatic N) is 1. The van der Waals surface area contributed by atoms with Gasteiger partial charge in [0.15, 0.2) is 0 Å². The molecule has 1 rings (SSSR count). The summed E-state index contributed by atoms with van der Waals surface area (Å²) in [5, 5.41) is 12.1. The number of aliphatic hydroxyl groups is 1. The normalized spacial score (nSPS) is 10.9.